The molecule has 1 aliphatic rings. The average molecular weight is 361 g/mol. The molecule has 1 N–H and O–H groups in total. The zero-order valence-corrected chi connectivity index (χ0v) is 16.1. The van der Waals surface area contributed by atoms with Gasteiger partial charge in [0.25, 0.3) is 0 Å². The molecule has 2 rings (SSSR count). The lowest BCUT2D eigenvalue weighted by Gasteiger charge is -2.37. The second-order valence-electron chi connectivity index (χ2n) is 6.83. The highest BCUT2D eigenvalue weighted by Gasteiger charge is 2.31. The molecule has 2 amide bonds. The first-order chi connectivity index (χ1) is 12.5. The molecule has 1 saturated heterocycles. The van der Waals surface area contributed by atoms with Crippen molar-refractivity contribution in [3.05, 3.63) is 35.9 Å². The molecule has 0 unspecified atom stereocenters. The van der Waals surface area contributed by atoms with Gasteiger partial charge in [0, 0.05) is 26.2 Å². The van der Waals surface area contributed by atoms with Crippen molar-refractivity contribution in [3.8, 4) is 0 Å². The molecule has 1 aliphatic heterocycles. The van der Waals surface area contributed by atoms with E-state index in [1.165, 1.54) is 0 Å². The highest BCUT2D eigenvalue weighted by Crippen LogP contribution is 2.13. The molecular weight excluding hydrogens is 330 g/mol. The number of amides is 2. The third kappa shape index (κ3) is 5.73. The Labute approximate surface area is 156 Å². The fraction of sp³-hybridized carbons (Fsp3) is 0.600. The Balaban J connectivity index is 1.91. The Morgan fingerprint density at radius 2 is 1.77 bits per heavy atom. The summed E-state index contributed by atoms with van der Waals surface area (Å²) in [5.74, 6) is 0.0442. The number of nitrogens with zero attached hydrogens (tertiary/aromatic N) is 2. The molecule has 0 saturated carbocycles. The number of likely N-dealkylation sites (N-methyl/N-ethyl adjacent to an activating group) is 1. The summed E-state index contributed by atoms with van der Waals surface area (Å²) in [7, 11) is 0. The van der Waals surface area contributed by atoms with Gasteiger partial charge in [-0.1, -0.05) is 57.5 Å². The van der Waals surface area contributed by atoms with Crippen molar-refractivity contribution >= 4 is 12.0 Å². The Kier molecular flexibility index (Phi) is 7.91. The van der Waals surface area contributed by atoms with Gasteiger partial charge in [0.05, 0.1) is 0 Å². The monoisotopic (exact) mass is 361 g/mol. The van der Waals surface area contributed by atoms with Gasteiger partial charge >= 0.3 is 6.09 Å². The number of alkyl carbamates (subject to hydrolysis) is 1. The first-order valence-electron chi connectivity index (χ1n) is 9.53. The maximum absolute atomic E-state index is 12.9. The van der Waals surface area contributed by atoms with Crippen LogP contribution < -0.4 is 5.32 Å². The first-order valence-corrected chi connectivity index (χ1v) is 9.53. The molecule has 1 aromatic rings. The third-order valence-electron chi connectivity index (χ3n) is 5.10. The number of ether oxygens (including phenoxy) is 1. The number of nitrogens with one attached hydrogen (secondary N) is 1. The van der Waals surface area contributed by atoms with Crippen LogP contribution in [0.15, 0.2) is 30.3 Å². The standard InChI is InChI=1S/C20H31N3O3/c1-4-16(3)18(19(24)23-13-11-22(5-2)12-14-23)21-20(25)26-15-17-9-7-6-8-10-17/h6-10,16,18H,4-5,11-15H2,1-3H3,(H,21,25)/t16-,18+/m0/s1. The molecule has 0 bridgehead atoms. The first kappa shape index (κ1) is 20.2. The largest absolute Gasteiger partial charge is 0.445 e. The summed E-state index contributed by atoms with van der Waals surface area (Å²) in [4.78, 5) is 29.3. The maximum atomic E-state index is 12.9. The van der Waals surface area contributed by atoms with Gasteiger partial charge in [-0.2, -0.15) is 0 Å². The summed E-state index contributed by atoms with van der Waals surface area (Å²) >= 11 is 0. The lowest BCUT2D eigenvalue weighted by molar-refractivity contribution is -0.136. The minimum atomic E-state index is -0.545. The van der Waals surface area contributed by atoms with Crippen molar-refractivity contribution in [3.63, 3.8) is 0 Å². The molecule has 0 aliphatic carbocycles. The lowest BCUT2D eigenvalue weighted by atomic mass is 9.97. The van der Waals surface area contributed by atoms with Crippen LogP contribution in [-0.2, 0) is 16.1 Å². The van der Waals surface area contributed by atoms with E-state index < -0.39 is 12.1 Å². The van der Waals surface area contributed by atoms with Crippen molar-refractivity contribution in [2.45, 2.75) is 39.8 Å². The normalized spacial score (nSPS) is 17.4. The van der Waals surface area contributed by atoms with E-state index in [0.717, 1.165) is 31.6 Å². The van der Waals surface area contributed by atoms with Crippen molar-refractivity contribution < 1.29 is 14.3 Å². The average Bonchev–Trinajstić information content (AvgIpc) is 2.70. The SMILES string of the molecule is CC[C@H](C)[C@@H](NC(=O)OCc1ccccc1)C(=O)N1CCN(CC)CC1. The highest BCUT2D eigenvalue weighted by molar-refractivity contribution is 5.86. The van der Waals surface area contributed by atoms with Crippen molar-refractivity contribution in [1.82, 2.24) is 15.1 Å². The fourth-order valence-electron chi connectivity index (χ4n) is 3.06. The minimum absolute atomic E-state index is 0.00763. The zero-order valence-electron chi connectivity index (χ0n) is 16.1. The topological polar surface area (TPSA) is 61.9 Å². The van der Waals surface area contributed by atoms with E-state index in [-0.39, 0.29) is 18.4 Å². The van der Waals surface area contributed by atoms with Gasteiger partial charge in [0.2, 0.25) is 5.91 Å². The van der Waals surface area contributed by atoms with E-state index in [9.17, 15) is 9.59 Å². The van der Waals surface area contributed by atoms with Crippen LogP contribution in [0.1, 0.15) is 32.8 Å². The zero-order chi connectivity index (χ0) is 18.9. The summed E-state index contributed by atoms with van der Waals surface area (Å²) in [6.07, 6.45) is 0.268. The molecule has 2 atom stereocenters. The van der Waals surface area contributed by atoms with Gasteiger partial charge in [0.15, 0.2) is 0 Å². The number of piperazine rings is 1. The van der Waals surface area contributed by atoms with E-state index >= 15 is 0 Å². The van der Waals surface area contributed by atoms with Crippen LogP contribution in [0.2, 0.25) is 0 Å². The molecule has 0 radical (unpaired) electrons. The quantitative estimate of drug-likeness (QED) is 0.810. The minimum Gasteiger partial charge on any atom is -0.445 e. The van der Waals surface area contributed by atoms with E-state index in [1.807, 2.05) is 49.1 Å². The molecule has 1 fully saturated rings. The molecular formula is C20H31N3O3. The van der Waals surface area contributed by atoms with E-state index in [4.69, 9.17) is 4.74 Å². The third-order valence-corrected chi connectivity index (χ3v) is 5.10. The number of hydrogen-bond acceptors (Lipinski definition) is 4. The van der Waals surface area contributed by atoms with Crippen LogP contribution in [-0.4, -0.2) is 60.6 Å². The molecule has 1 aromatic carbocycles. The van der Waals surface area contributed by atoms with E-state index in [0.29, 0.717) is 13.1 Å². The van der Waals surface area contributed by atoms with Gasteiger partial charge in [-0.25, -0.2) is 4.79 Å². The summed E-state index contributed by atoms with van der Waals surface area (Å²) in [6, 6.07) is 8.97. The number of carbonyl (C=O) groups excluding carboxylic acids is 2. The molecule has 6 nitrogen and oxygen atoms in total. The predicted molar refractivity (Wildman–Crippen MR) is 102 cm³/mol. The molecule has 6 heteroatoms. The summed E-state index contributed by atoms with van der Waals surface area (Å²) in [5.41, 5.74) is 0.921. The Morgan fingerprint density at radius 1 is 1.12 bits per heavy atom. The lowest BCUT2D eigenvalue weighted by Crippen LogP contribution is -2.56. The number of benzene rings is 1. The van der Waals surface area contributed by atoms with Crippen molar-refractivity contribution in [1.29, 1.82) is 0 Å². The number of hydrogen-bond donors (Lipinski definition) is 1. The van der Waals surface area contributed by atoms with Gasteiger partial charge in [-0.3, -0.25) is 4.79 Å². The molecule has 144 valence electrons. The van der Waals surface area contributed by atoms with Crippen LogP contribution in [0, 0.1) is 5.92 Å². The summed E-state index contributed by atoms with van der Waals surface area (Å²) in [5, 5.41) is 2.79. The number of carbonyl (C=O) groups is 2. The van der Waals surface area contributed by atoms with E-state index in [1.54, 1.807) is 0 Å². The van der Waals surface area contributed by atoms with Crippen molar-refractivity contribution in [2.75, 3.05) is 32.7 Å². The van der Waals surface area contributed by atoms with Crippen LogP contribution >= 0.6 is 0 Å². The Morgan fingerprint density at radius 3 is 2.35 bits per heavy atom. The molecule has 0 aromatic heterocycles. The molecule has 0 spiro atoms. The number of rotatable bonds is 7. The maximum Gasteiger partial charge on any atom is 0.408 e. The van der Waals surface area contributed by atoms with Gasteiger partial charge < -0.3 is 19.9 Å². The Bertz CT molecular complexity index is 571. The van der Waals surface area contributed by atoms with Gasteiger partial charge in [0.1, 0.15) is 12.6 Å². The molecule has 26 heavy (non-hydrogen) atoms. The van der Waals surface area contributed by atoms with Crippen LogP contribution in [0.5, 0.6) is 0 Å². The van der Waals surface area contributed by atoms with Crippen LogP contribution in [0.4, 0.5) is 4.79 Å². The van der Waals surface area contributed by atoms with Crippen molar-refractivity contribution in [2.24, 2.45) is 5.92 Å². The highest BCUT2D eigenvalue weighted by atomic mass is 16.5. The van der Waals surface area contributed by atoms with Gasteiger partial charge in [-0.05, 0) is 18.0 Å². The second kappa shape index (κ2) is 10.2. The predicted octanol–water partition coefficient (Wildman–Crippen LogP) is 2.49. The Hall–Kier alpha value is -2.08. The molecule has 1 heterocycles. The smallest absolute Gasteiger partial charge is 0.408 e. The van der Waals surface area contributed by atoms with E-state index in [2.05, 4.69) is 17.1 Å². The second-order valence-corrected chi connectivity index (χ2v) is 6.83. The van der Waals surface area contributed by atoms with Crippen LogP contribution in [0.25, 0.3) is 0 Å². The summed E-state index contributed by atoms with van der Waals surface area (Å²) in [6.45, 7) is 10.5. The van der Waals surface area contributed by atoms with Crippen LogP contribution in [0.3, 0.4) is 0 Å². The summed E-state index contributed by atoms with van der Waals surface area (Å²) < 4.78 is 5.30. The fourth-order valence-corrected chi connectivity index (χ4v) is 3.06. The van der Waals surface area contributed by atoms with Gasteiger partial charge in [-0.15, -0.1) is 0 Å².